The van der Waals surface area contributed by atoms with Gasteiger partial charge in [-0.25, -0.2) is 0 Å². The first-order valence-corrected chi connectivity index (χ1v) is 7.70. The minimum absolute atomic E-state index is 0. The van der Waals surface area contributed by atoms with Crippen LogP contribution in [0.5, 0.6) is 0 Å². The first-order valence-electron chi connectivity index (χ1n) is 5.13. The first kappa shape index (κ1) is 30.1. The summed E-state index contributed by atoms with van der Waals surface area (Å²) in [5, 5.41) is 8.52. The van der Waals surface area contributed by atoms with Gasteiger partial charge < -0.3 is 20.9 Å². The molecule has 0 unspecified atom stereocenters. The monoisotopic (exact) mass is 290 g/mol. The average Bonchev–Trinajstić information content (AvgIpc) is 2.00. The molecule has 0 saturated carbocycles. The van der Waals surface area contributed by atoms with Crippen molar-refractivity contribution in [1.29, 1.82) is 0 Å². The van der Waals surface area contributed by atoms with Crippen LogP contribution in [0.2, 0.25) is 18.1 Å². The molecule has 4 nitrogen and oxygen atoms in total. The van der Waals surface area contributed by atoms with Gasteiger partial charge in [0.15, 0.2) is 8.32 Å². The molecule has 0 aromatic rings. The normalized spacial score (nSPS) is 9.75. The third-order valence-electron chi connectivity index (χ3n) is 1.97. The van der Waals surface area contributed by atoms with E-state index in [1.165, 1.54) is 0 Å². The second kappa shape index (κ2) is 13.8. The van der Waals surface area contributed by atoms with Crippen LogP contribution in [0.15, 0.2) is 0 Å². The Bertz CT molecular complexity index is 110. The van der Waals surface area contributed by atoms with E-state index in [1.807, 2.05) is 0 Å². The summed E-state index contributed by atoms with van der Waals surface area (Å²) in [6.45, 7) is 11.5. The predicted molar refractivity (Wildman–Crippen MR) is 68.6 cm³/mol. The van der Waals surface area contributed by atoms with Crippen molar-refractivity contribution in [2.75, 3.05) is 0 Å². The summed E-state index contributed by atoms with van der Waals surface area (Å²) >= 11 is 0. The Morgan fingerprint density at radius 3 is 1.00 bits per heavy atom. The molecule has 0 heterocycles. The van der Waals surface area contributed by atoms with Gasteiger partial charge >= 0.3 is 0 Å². The van der Waals surface area contributed by atoms with Crippen molar-refractivity contribution >= 4 is 8.32 Å². The number of hydrogen-bond donors (Lipinski definition) is 2. The number of hydrogen-bond acceptors (Lipinski definition) is 2. The maximum absolute atomic E-state index is 9.58. The van der Waals surface area contributed by atoms with E-state index in [1.54, 1.807) is 20.8 Å². The summed E-state index contributed by atoms with van der Waals surface area (Å²) in [5.74, 6) is 0. The third-order valence-corrected chi connectivity index (χ3v) is 5.92. The van der Waals surface area contributed by atoms with Crippen molar-refractivity contribution < 1.29 is 42.6 Å². The second-order valence-corrected chi connectivity index (χ2v) is 9.03. The summed E-state index contributed by atoms with van der Waals surface area (Å²) in [5.41, 5.74) is -0.500. The quantitative estimate of drug-likeness (QED) is 0.760. The van der Waals surface area contributed by atoms with Crippen molar-refractivity contribution in [3.05, 3.63) is 0 Å². The van der Waals surface area contributed by atoms with E-state index in [4.69, 9.17) is 5.11 Å². The molecule has 0 atom stereocenters. The van der Waals surface area contributed by atoms with Crippen LogP contribution >= 0.6 is 0 Å². The van der Waals surface area contributed by atoms with Gasteiger partial charge in [-0.05, 0) is 38.9 Å². The Morgan fingerprint density at radius 1 is 0.875 bits per heavy atom. The van der Waals surface area contributed by atoms with Gasteiger partial charge in [-0.2, -0.15) is 0 Å². The Balaban J connectivity index is -0.0000000454. The second-order valence-electron chi connectivity index (χ2n) is 4.46. The van der Waals surface area contributed by atoms with Crippen LogP contribution in [0.4, 0.5) is 0 Å². The molecule has 0 aliphatic rings. The molecule has 6 N–H and O–H groups in total. The van der Waals surface area contributed by atoms with Gasteiger partial charge in [0.25, 0.3) is 0 Å². The average molecular weight is 290 g/mol. The van der Waals surface area contributed by atoms with Crippen LogP contribution in [0.3, 0.4) is 0 Å². The zero-order valence-corrected chi connectivity index (χ0v) is 14.1. The summed E-state index contributed by atoms with van der Waals surface area (Å²) in [6, 6.07) is 3.04. The number of rotatable bonds is 3. The van der Waals surface area contributed by atoms with Gasteiger partial charge in [0, 0.05) is 21.7 Å². The van der Waals surface area contributed by atoms with Crippen molar-refractivity contribution in [3.8, 4) is 0 Å². The Kier molecular flexibility index (Phi) is 26.0. The summed E-state index contributed by atoms with van der Waals surface area (Å²) in [7, 11) is -1.67. The zero-order valence-electron chi connectivity index (χ0n) is 11.5. The van der Waals surface area contributed by atoms with Crippen LogP contribution in [-0.4, -0.2) is 34.8 Å². The summed E-state index contributed by atoms with van der Waals surface area (Å²) < 4.78 is 0. The largest absolute Gasteiger partial charge is 0.432 e. The van der Waals surface area contributed by atoms with Crippen molar-refractivity contribution in [2.24, 2.45) is 0 Å². The van der Waals surface area contributed by atoms with Gasteiger partial charge in [-0.1, -0.05) is 20.8 Å². The molecule has 0 aromatic carbocycles. The molecule has 0 spiro atoms. The van der Waals surface area contributed by atoms with Crippen LogP contribution in [-0.2, 0) is 21.7 Å². The Hall–Kier alpha value is 0.771. The molecule has 0 bridgehead atoms. The third kappa shape index (κ3) is 29.3. The van der Waals surface area contributed by atoms with E-state index in [2.05, 4.69) is 20.8 Å². The molecule has 16 heavy (non-hydrogen) atoms. The molecule has 0 radical (unpaired) electrons. The fraction of sp³-hybridized carbons (Fsp3) is 1.00. The first-order chi connectivity index (χ1) is 5.68. The maximum atomic E-state index is 9.58. The SMILES string of the molecule is CC(C)(C)O.CC[Si](O)(CC)CC.O.O.[Ti]. The Morgan fingerprint density at radius 2 is 1.00 bits per heavy atom. The predicted octanol–water partition coefficient (Wildman–Crippen LogP) is 1.11. The minimum atomic E-state index is -1.67. The number of aliphatic hydroxyl groups is 1. The molecule has 0 saturated heterocycles. The van der Waals surface area contributed by atoms with Crippen LogP contribution in [0.1, 0.15) is 41.5 Å². The van der Waals surface area contributed by atoms with Crippen molar-refractivity contribution in [1.82, 2.24) is 0 Å². The fourth-order valence-corrected chi connectivity index (χ4v) is 2.25. The molecule has 0 aliphatic carbocycles. The molecule has 0 rings (SSSR count). The summed E-state index contributed by atoms with van der Waals surface area (Å²) in [6.07, 6.45) is 0. The standard InChI is InChI=1S/C6H16OSi.C4H10O.2H2O.Ti/c1-4-8(7,5-2)6-3;1-4(2,3)5;;;/h7H,4-6H2,1-3H3;5H,1-3H3;2*1H2;. The van der Waals surface area contributed by atoms with Crippen LogP contribution in [0.25, 0.3) is 0 Å². The van der Waals surface area contributed by atoms with Gasteiger partial charge in [-0.15, -0.1) is 0 Å². The smallest absolute Gasteiger partial charge is 0.187 e. The zero-order chi connectivity index (χ0) is 11.1. The van der Waals surface area contributed by atoms with E-state index in [0.717, 1.165) is 18.1 Å². The molecule has 102 valence electrons. The van der Waals surface area contributed by atoms with Gasteiger partial charge in [-0.3, -0.25) is 0 Å². The summed E-state index contributed by atoms with van der Waals surface area (Å²) in [4.78, 5) is 9.58. The van der Waals surface area contributed by atoms with Crippen LogP contribution in [0, 0.1) is 0 Å². The van der Waals surface area contributed by atoms with Crippen molar-refractivity contribution in [2.45, 2.75) is 65.3 Å². The van der Waals surface area contributed by atoms with E-state index in [-0.39, 0.29) is 32.7 Å². The molecule has 0 amide bonds. The molecule has 0 fully saturated rings. The Labute approximate surface area is 116 Å². The minimum Gasteiger partial charge on any atom is -0.432 e. The topological polar surface area (TPSA) is 103 Å². The van der Waals surface area contributed by atoms with Gasteiger partial charge in [0.1, 0.15) is 0 Å². The van der Waals surface area contributed by atoms with E-state index < -0.39 is 13.9 Å². The molecular weight excluding hydrogens is 260 g/mol. The molecule has 0 aliphatic heterocycles. The molecule has 0 aromatic heterocycles. The fourth-order valence-electron chi connectivity index (χ4n) is 0.750. The van der Waals surface area contributed by atoms with E-state index in [9.17, 15) is 4.80 Å². The van der Waals surface area contributed by atoms with E-state index in [0.29, 0.717) is 0 Å². The van der Waals surface area contributed by atoms with Crippen molar-refractivity contribution in [3.63, 3.8) is 0 Å². The van der Waals surface area contributed by atoms with Gasteiger partial charge in [0.05, 0.1) is 5.60 Å². The van der Waals surface area contributed by atoms with E-state index >= 15 is 0 Å². The maximum Gasteiger partial charge on any atom is 0.187 e. The van der Waals surface area contributed by atoms with Gasteiger partial charge in [0.2, 0.25) is 0 Å². The molecule has 6 heteroatoms. The van der Waals surface area contributed by atoms with Crippen LogP contribution < -0.4 is 0 Å². The molecular formula is C10H30O4SiTi.